The van der Waals surface area contributed by atoms with E-state index in [9.17, 15) is 0 Å². The monoisotopic (exact) mass is 261 g/mol. The van der Waals surface area contributed by atoms with Crippen LogP contribution in [0.15, 0.2) is 18.5 Å². The van der Waals surface area contributed by atoms with Crippen molar-refractivity contribution in [2.75, 3.05) is 32.5 Å². The Bertz CT molecular complexity index is 530. The Morgan fingerprint density at radius 1 is 1.37 bits per heavy atom. The van der Waals surface area contributed by atoms with Crippen LogP contribution in [0.2, 0.25) is 0 Å². The molecular formula is C14H23N5. The zero-order valence-electron chi connectivity index (χ0n) is 12.2. The summed E-state index contributed by atoms with van der Waals surface area (Å²) in [5.74, 6) is 1.35. The van der Waals surface area contributed by atoms with Crippen molar-refractivity contribution in [2.24, 2.45) is 0 Å². The molecule has 0 saturated heterocycles. The lowest BCUT2D eigenvalue weighted by Crippen LogP contribution is -2.16. The van der Waals surface area contributed by atoms with Crippen molar-refractivity contribution in [2.45, 2.75) is 26.2 Å². The molecule has 2 aromatic heterocycles. The predicted molar refractivity (Wildman–Crippen MR) is 78.7 cm³/mol. The number of nitrogens with zero attached hydrogens (tertiary/aromatic N) is 4. The van der Waals surface area contributed by atoms with Crippen LogP contribution in [0.1, 0.15) is 31.9 Å². The zero-order chi connectivity index (χ0) is 13.8. The Hall–Kier alpha value is -1.62. The van der Waals surface area contributed by atoms with Crippen LogP contribution in [0.3, 0.4) is 0 Å². The van der Waals surface area contributed by atoms with Crippen molar-refractivity contribution in [3.8, 4) is 0 Å². The summed E-state index contributed by atoms with van der Waals surface area (Å²) < 4.78 is 1.90. The van der Waals surface area contributed by atoms with Gasteiger partial charge in [0.25, 0.3) is 0 Å². The van der Waals surface area contributed by atoms with E-state index in [1.807, 2.05) is 10.7 Å². The summed E-state index contributed by atoms with van der Waals surface area (Å²) in [6.45, 7) is 6.30. The second-order valence-corrected chi connectivity index (χ2v) is 5.41. The lowest BCUT2D eigenvalue weighted by Gasteiger charge is -2.10. The summed E-state index contributed by atoms with van der Waals surface area (Å²) in [6, 6.07) is 2.12. The first-order chi connectivity index (χ1) is 9.08. The third-order valence-electron chi connectivity index (χ3n) is 3.07. The highest BCUT2D eigenvalue weighted by Crippen LogP contribution is 2.19. The fourth-order valence-corrected chi connectivity index (χ4v) is 1.96. The second kappa shape index (κ2) is 6.02. The van der Waals surface area contributed by atoms with Gasteiger partial charge in [-0.15, -0.1) is 0 Å². The zero-order valence-corrected chi connectivity index (χ0v) is 12.2. The quantitative estimate of drug-likeness (QED) is 0.810. The molecule has 5 nitrogen and oxygen atoms in total. The molecular weight excluding hydrogens is 238 g/mol. The number of hydrogen-bond donors (Lipinski definition) is 1. The molecule has 2 rings (SSSR count). The normalized spacial score (nSPS) is 11.7. The maximum atomic E-state index is 4.56. The summed E-state index contributed by atoms with van der Waals surface area (Å²) in [6.07, 6.45) is 4.78. The van der Waals surface area contributed by atoms with Gasteiger partial charge in [0.15, 0.2) is 5.82 Å². The van der Waals surface area contributed by atoms with Gasteiger partial charge in [-0.25, -0.2) is 9.50 Å². The molecule has 2 aromatic rings. The number of anilines is 1. The summed E-state index contributed by atoms with van der Waals surface area (Å²) in [5, 5.41) is 7.95. The third kappa shape index (κ3) is 3.44. The van der Waals surface area contributed by atoms with E-state index in [1.54, 1.807) is 6.20 Å². The van der Waals surface area contributed by atoms with Crippen molar-refractivity contribution >= 4 is 11.3 Å². The number of rotatable bonds is 6. The summed E-state index contributed by atoms with van der Waals surface area (Å²) in [4.78, 5) is 6.60. The van der Waals surface area contributed by atoms with Crippen LogP contribution in [-0.2, 0) is 0 Å². The average molecular weight is 261 g/mol. The molecule has 0 amide bonds. The molecule has 2 heterocycles. The molecule has 0 unspecified atom stereocenters. The maximum Gasteiger partial charge on any atom is 0.152 e. The van der Waals surface area contributed by atoms with Gasteiger partial charge in [-0.2, -0.15) is 5.10 Å². The molecule has 0 bridgehead atoms. The highest BCUT2D eigenvalue weighted by molar-refractivity contribution is 5.67. The lowest BCUT2D eigenvalue weighted by atomic mass is 10.1. The van der Waals surface area contributed by atoms with E-state index in [4.69, 9.17) is 0 Å². The first-order valence-corrected chi connectivity index (χ1v) is 6.81. The summed E-state index contributed by atoms with van der Waals surface area (Å²) >= 11 is 0. The van der Waals surface area contributed by atoms with Gasteiger partial charge in [-0.05, 0) is 39.0 Å². The smallest absolute Gasteiger partial charge is 0.152 e. The van der Waals surface area contributed by atoms with Crippen molar-refractivity contribution in [3.05, 3.63) is 24.2 Å². The Labute approximate surface area is 114 Å². The second-order valence-electron chi connectivity index (χ2n) is 5.41. The Morgan fingerprint density at radius 2 is 2.16 bits per heavy atom. The van der Waals surface area contributed by atoms with Crippen LogP contribution < -0.4 is 5.32 Å². The Morgan fingerprint density at radius 3 is 2.84 bits per heavy atom. The van der Waals surface area contributed by atoms with Gasteiger partial charge in [0.1, 0.15) is 5.52 Å². The molecule has 0 saturated carbocycles. The first kappa shape index (κ1) is 13.8. The van der Waals surface area contributed by atoms with Gasteiger partial charge < -0.3 is 10.2 Å². The van der Waals surface area contributed by atoms with Gasteiger partial charge in [-0.1, -0.05) is 13.8 Å². The molecule has 5 heteroatoms. The van der Waals surface area contributed by atoms with Crippen molar-refractivity contribution in [3.63, 3.8) is 0 Å². The summed E-state index contributed by atoms with van der Waals surface area (Å²) in [7, 11) is 4.18. The molecule has 0 aliphatic carbocycles. The van der Waals surface area contributed by atoms with Crippen molar-refractivity contribution in [1.29, 1.82) is 0 Å². The molecule has 0 radical (unpaired) electrons. The molecule has 0 fully saturated rings. The number of nitrogens with one attached hydrogen (secondary N) is 1. The van der Waals surface area contributed by atoms with Crippen LogP contribution in [-0.4, -0.2) is 46.7 Å². The molecule has 1 N–H and O–H groups in total. The number of fused-ring (bicyclic) bond motifs is 1. The first-order valence-electron chi connectivity index (χ1n) is 6.81. The molecule has 104 valence electrons. The van der Waals surface area contributed by atoms with Gasteiger partial charge in [0.05, 0.1) is 5.69 Å². The van der Waals surface area contributed by atoms with E-state index in [2.05, 4.69) is 54.3 Å². The number of hydrogen-bond acceptors (Lipinski definition) is 4. The van der Waals surface area contributed by atoms with Gasteiger partial charge in [-0.3, -0.25) is 0 Å². The predicted octanol–water partition coefficient (Wildman–Crippen LogP) is 2.22. The van der Waals surface area contributed by atoms with Gasteiger partial charge >= 0.3 is 0 Å². The summed E-state index contributed by atoms with van der Waals surface area (Å²) in [5.41, 5.74) is 2.15. The molecule has 19 heavy (non-hydrogen) atoms. The highest BCUT2D eigenvalue weighted by Gasteiger charge is 2.09. The molecule has 0 atom stereocenters. The Kier molecular flexibility index (Phi) is 4.37. The van der Waals surface area contributed by atoms with E-state index < -0.39 is 0 Å². The minimum atomic E-state index is 0.432. The molecule has 0 spiro atoms. The van der Waals surface area contributed by atoms with Crippen LogP contribution in [0.25, 0.3) is 5.52 Å². The molecule has 0 aliphatic heterocycles. The molecule has 0 aliphatic rings. The average Bonchev–Trinajstić information content (AvgIpc) is 2.79. The SMILES string of the molecule is CC(C)c1cc2c(NCCCN(C)C)nccn2n1. The van der Waals surface area contributed by atoms with Gasteiger partial charge in [0.2, 0.25) is 0 Å². The van der Waals surface area contributed by atoms with E-state index in [-0.39, 0.29) is 0 Å². The van der Waals surface area contributed by atoms with Gasteiger partial charge in [0, 0.05) is 18.9 Å². The minimum absolute atomic E-state index is 0.432. The fraction of sp³-hybridized carbons (Fsp3) is 0.571. The van der Waals surface area contributed by atoms with Crippen LogP contribution in [0, 0.1) is 0 Å². The van der Waals surface area contributed by atoms with Crippen LogP contribution in [0.5, 0.6) is 0 Å². The maximum absolute atomic E-state index is 4.56. The lowest BCUT2D eigenvalue weighted by molar-refractivity contribution is 0.405. The van der Waals surface area contributed by atoms with E-state index in [1.165, 1.54) is 0 Å². The minimum Gasteiger partial charge on any atom is -0.368 e. The Balaban J connectivity index is 2.10. The van der Waals surface area contributed by atoms with Crippen molar-refractivity contribution in [1.82, 2.24) is 19.5 Å². The highest BCUT2D eigenvalue weighted by atomic mass is 15.2. The van der Waals surface area contributed by atoms with Crippen LogP contribution >= 0.6 is 0 Å². The van der Waals surface area contributed by atoms with E-state index in [0.29, 0.717) is 5.92 Å². The van der Waals surface area contributed by atoms with E-state index in [0.717, 1.165) is 36.5 Å². The number of aromatic nitrogens is 3. The van der Waals surface area contributed by atoms with Crippen molar-refractivity contribution < 1.29 is 0 Å². The molecule has 0 aromatic carbocycles. The fourth-order valence-electron chi connectivity index (χ4n) is 1.96. The topological polar surface area (TPSA) is 45.5 Å². The van der Waals surface area contributed by atoms with Crippen LogP contribution in [0.4, 0.5) is 5.82 Å². The third-order valence-corrected chi connectivity index (χ3v) is 3.07. The standard InChI is InChI=1S/C14H23N5/c1-11(2)12-10-13-14(15-6-5-8-18(3)4)16-7-9-19(13)17-12/h7,9-11H,5-6,8H2,1-4H3,(H,15,16). The van der Waals surface area contributed by atoms with E-state index >= 15 is 0 Å². The largest absolute Gasteiger partial charge is 0.368 e.